The predicted octanol–water partition coefficient (Wildman–Crippen LogP) is 4.76. The molecule has 0 unspecified atom stereocenters. The van der Waals surface area contributed by atoms with Gasteiger partial charge in [-0.3, -0.25) is 0 Å². The molecule has 0 saturated heterocycles. The van der Waals surface area contributed by atoms with Crippen LogP contribution in [0.5, 0.6) is 0 Å². The summed E-state index contributed by atoms with van der Waals surface area (Å²) in [5.74, 6) is 0. The van der Waals surface area contributed by atoms with Crippen LogP contribution >= 0.6 is 11.6 Å². The van der Waals surface area contributed by atoms with Crippen molar-refractivity contribution >= 4 is 11.6 Å². The zero-order valence-electron chi connectivity index (χ0n) is 11.8. The molecule has 0 bridgehead atoms. The second-order valence-corrected chi connectivity index (χ2v) is 7.83. The van der Waals surface area contributed by atoms with E-state index in [-0.39, 0.29) is 10.8 Å². The first kappa shape index (κ1) is 13.9. The van der Waals surface area contributed by atoms with E-state index in [1.54, 1.807) is 0 Å². The van der Waals surface area contributed by atoms with Gasteiger partial charge in [0, 0.05) is 5.02 Å². The number of rotatable bonds is 1. The van der Waals surface area contributed by atoms with Gasteiger partial charge in [0.05, 0.1) is 5.60 Å². The summed E-state index contributed by atoms with van der Waals surface area (Å²) in [6.45, 7) is 8.98. The summed E-state index contributed by atoms with van der Waals surface area (Å²) in [7, 11) is 0. The average Bonchev–Trinajstić information content (AvgIpc) is 2.12. The van der Waals surface area contributed by atoms with Gasteiger partial charge in [-0.15, -0.1) is 0 Å². The smallest absolute Gasteiger partial charge is 0.0906 e. The van der Waals surface area contributed by atoms with Crippen LogP contribution in [0.25, 0.3) is 0 Å². The van der Waals surface area contributed by atoms with E-state index in [1.165, 1.54) is 0 Å². The lowest BCUT2D eigenvalue weighted by atomic mass is 9.58. The van der Waals surface area contributed by atoms with Gasteiger partial charge >= 0.3 is 0 Å². The quantitative estimate of drug-likeness (QED) is 0.777. The van der Waals surface area contributed by atoms with Crippen molar-refractivity contribution in [2.45, 2.75) is 52.6 Å². The fourth-order valence-electron chi connectivity index (χ4n) is 4.03. The lowest BCUT2D eigenvalue weighted by Gasteiger charge is -2.49. The molecule has 1 fully saturated rings. The maximum atomic E-state index is 11.1. The van der Waals surface area contributed by atoms with Gasteiger partial charge in [0.1, 0.15) is 0 Å². The molecule has 0 spiro atoms. The van der Waals surface area contributed by atoms with Gasteiger partial charge in [-0.2, -0.15) is 0 Å². The largest absolute Gasteiger partial charge is 0.385 e. The van der Waals surface area contributed by atoms with E-state index in [4.69, 9.17) is 11.6 Å². The van der Waals surface area contributed by atoms with Gasteiger partial charge in [0.15, 0.2) is 0 Å². The topological polar surface area (TPSA) is 20.2 Å². The molecular formula is C16H23ClO. The van der Waals surface area contributed by atoms with Crippen LogP contribution in [0.4, 0.5) is 0 Å². The van der Waals surface area contributed by atoms with Crippen molar-refractivity contribution in [3.05, 3.63) is 34.9 Å². The Hall–Kier alpha value is -0.530. The highest BCUT2D eigenvalue weighted by Gasteiger charge is 2.47. The van der Waals surface area contributed by atoms with Crippen LogP contribution in [-0.2, 0) is 5.60 Å². The van der Waals surface area contributed by atoms with Crippen molar-refractivity contribution in [2.24, 2.45) is 10.8 Å². The molecule has 0 aliphatic heterocycles. The number of aliphatic hydroxyl groups is 1. The number of hydrogen-bond acceptors (Lipinski definition) is 1. The molecule has 18 heavy (non-hydrogen) atoms. The van der Waals surface area contributed by atoms with Gasteiger partial charge in [-0.1, -0.05) is 51.4 Å². The Morgan fingerprint density at radius 3 is 1.78 bits per heavy atom. The molecule has 1 saturated carbocycles. The van der Waals surface area contributed by atoms with E-state index in [1.807, 2.05) is 24.3 Å². The van der Waals surface area contributed by atoms with Crippen molar-refractivity contribution in [3.8, 4) is 0 Å². The molecule has 0 radical (unpaired) electrons. The van der Waals surface area contributed by atoms with Gasteiger partial charge < -0.3 is 5.11 Å². The summed E-state index contributed by atoms with van der Waals surface area (Å²) in [6, 6.07) is 7.65. The lowest BCUT2D eigenvalue weighted by Crippen LogP contribution is -2.44. The van der Waals surface area contributed by atoms with E-state index in [9.17, 15) is 5.11 Å². The summed E-state index contributed by atoms with van der Waals surface area (Å²) >= 11 is 5.93. The molecule has 1 aromatic carbocycles. The fraction of sp³-hybridized carbons (Fsp3) is 0.625. The minimum Gasteiger partial charge on any atom is -0.385 e. The predicted molar refractivity (Wildman–Crippen MR) is 76.8 cm³/mol. The zero-order valence-corrected chi connectivity index (χ0v) is 12.5. The first-order valence-electron chi connectivity index (χ1n) is 6.61. The number of benzene rings is 1. The van der Waals surface area contributed by atoms with Gasteiger partial charge in [-0.05, 0) is 47.8 Å². The molecule has 1 aromatic rings. The van der Waals surface area contributed by atoms with E-state index >= 15 is 0 Å². The summed E-state index contributed by atoms with van der Waals surface area (Å²) in [4.78, 5) is 0. The number of halogens is 1. The van der Waals surface area contributed by atoms with Gasteiger partial charge in [0.2, 0.25) is 0 Å². The molecule has 2 heteroatoms. The number of hydrogen-bond donors (Lipinski definition) is 1. The Bertz CT molecular complexity index is 415. The van der Waals surface area contributed by atoms with Crippen LogP contribution < -0.4 is 0 Å². The second-order valence-electron chi connectivity index (χ2n) is 7.40. The van der Waals surface area contributed by atoms with E-state index in [0.29, 0.717) is 0 Å². The molecule has 1 N–H and O–H groups in total. The van der Waals surface area contributed by atoms with Crippen LogP contribution in [0.3, 0.4) is 0 Å². The molecule has 2 rings (SSSR count). The standard InChI is InChI=1S/C16H23ClO/c1-14(2)9-15(3,4)11-16(18,10-14)12-5-7-13(17)8-6-12/h5-8,18H,9-11H2,1-4H3. The molecule has 0 aromatic heterocycles. The van der Waals surface area contributed by atoms with Crippen molar-refractivity contribution in [2.75, 3.05) is 0 Å². The maximum absolute atomic E-state index is 11.1. The lowest BCUT2D eigenvalue weighted by molar-refractivity contribution is -0.0912. The second kappa shape index (κ2) is 4.25. The third-order valence-electron chi connectivity index (χ3n) is 3.88. The Kier molecular flexibility index (Phi) is 3.28. The molecule has 1 aliphatic carbocycles. The average molecular weight is 267 g/mol. The SMILES string of the molecule is CC1(C)CC(C)(C)CC(O)(c2ccc(Cl)cc2)C1. The minimum absolute atomic E-state index is 0.163. The third kappa shape index (κ3) is 2.89. The normalized spacial score (nSPS) is 24.8. The highest BCUT2D eigenvalue weighted by atomic mass is 35.5. The highest BCUT2D eigenvalue weighted by Crippen LogP contribution is 2.53. The Morgan fingerprint density at radius 1 is 0.889 bits per heavy atom. The van der Waals surface area contributed by atoms with Gasteiger partial charge in [0.25, 0.3) is 0 Å². The molecule has 1 aliphatic rings. The van der Waals surface area contributed by atoms with Crippen LogP contribution in [-0.4, -0.2) is 5.11 Å². The van der Waals surface area contributed by atoms with Crippen molar-refractivity contribution < 1.29 is 5.11 Å². The Labute approximate surface area is 115 Å². The van der Waals surface area contributed by atoms with Crippen LogP contribution in [0.2, 0.25) is 5.02 Å². The summed E-state index contributed by atoms with van der Waals surface area (Å²) in [5, 5.41) is 11.8. The van der Waals surface area contributed by atoms with E-state index < -0.39 is 5.60 Å². The van der Waals surface area contributed by atoms with Crippen LogP contribution in [0, 0.1) is 10.8 Å². The first-order valence-corrected chi connectivity index (χ1v) is 6.98. The van der Waals surface area contributed by atoms with Crippen LogP contribution in [0.15, 0.2) is 24.3 Å². The molecular weight excluding hydrogens is 244 g/mol. The van der Waals surface area contributed by atoms with E-state index in [2.05, 4.69) is 27.7 Å². The fourth-order valence-corrected chi connectivity index (χ4v) is 4.16. The molecule has 100 valence electrons. The van der Waals surface area contributed by atoms with Crippen molar-refractivity contribution in [3.63, 3.8) is 0 Å². The highest BCUT2D eigenvalue weighted by molar-refractivity contribution is 6.30. The first-order chi connectivity index (χ1) is 8.12. The zero-order chi connectivity index (χ0) is 13.6. The van der Waals surface area contributed by atoms with Crippen molar-refractivity contribution in [1.82, 2.24) is 0 Å². The maximum Gasteiger partial charge on any atom is 0.0906 e. The molecule has 1 nitrogen and oxygen atoms in total. The monoisotopic (exact) mass is 266 g/mol. The van der Waals surface area contributed by atoms with E-state index in [0.717, 1.165) is 29.8 Å². The minimum atomic E-state index is -0.726. The summed E-state index contributed by atoms with van der Waals surface area (Å²) < 4.78 is 0. The van der Waals surface area contributed by atoms with Crippen LogP contribution in [0.1, 0.15) is 52.5 Å². The summed E-state index contributed by atoms with van der Waals surface area (Å²) in [6.07, 6.45) is 2.77. The Morgan fingerprint density at radius 2 is 1.33 bits per heavy atom. The molecule has 0 atom stereocenters. The van der Waals surface area contributed by atoms with Gasteiger partial charge in [-0.25, -0.2) is 0 Å². The third-order valence-corrected chi connectivity index (χ3v) is 4.13. The summed E-state index contributed by atoms with van der Waals surface area (Å²) in [5.41, 5.74) is 0.593. The Balaban J connectivity index is 2.37. The van der Waals surface area contributed by atoms with Crippen molar-refractivity contribution in [1.29, 1.82) is 0 Å². The molecule has 0 heterocycles. The molecule has 0 amide bonds.